The number of fused-ring (bicyclic) bond motifs is 3. The number of nitrogens with zero attached hydrogens (tertiary/aromatic N) is 2. The quantitative estimate of drug-likeness (QED) is 0.0455. The molecule has 0 radical (unpaired) electrons. The third-order valence-corrected chi connectivity index (χ3v) is 11.2. The first-order valence-corrected chi connectivity index (χ1v) is 22.3. The smallest absolute Gasteiger partial charge is 0.410 e. The molecule has 0 spiro atoms. The van der Waals surface area contributed by atoms with Gasteiger partial charge in [-0.05, 0) is 108 Å². The van der Waals surface area contributed by atoms with E-state index in [1.807, 2.05) is 78.9 Å². The van der Waals surface area contributed by atoms with Crippen LogP contribution in [-0.4, -0.2) is 107 Å². The van der Waals surface area contributed by atoms with E-state index in [4.69, 9.17) is 18.9 Å². The average molecular weight is 897 g/mol. The molecular weight excluding hydrogens is 833 g/mol. The third kappa shape index (κ3) is 14.1. The molecule has 1 aliphatic heterocycles. The van der Waals surface area contributed by atoms with Crippen LogP contribution in [-0.2, 0) is 39.9 Å². The summed E-state index contributed by atoms with van der Waals surface area (Å²) in [5.74, 6) is -3.66. The summed E-state index contributed by atoms with van der Waals surface area (Å²) in [7, 11) is 0. The van der Waals surface area contributed by atoms with Crippen LogP contribution in [0.2, 0.25) is 0 Å². The van der Waals surface area contributed by atoms with Crippen LogP contribution in [0.3, 0.4) is 0 Å². The minimum absolute atomic E-state index is 0.0610. The summed E-state index contributed by atoms with van der Waals surface area (Å²) in [5.41, 5.74) is 3.13. The number of benzene rings is 3. The van der Waals surface area contributed by atoms with Gasteiger partial charge >= 0.3 is 30.2 Å². The molecule has 5 rings (SSSR count). The van der Waals surface area contributed by atoms with E-state index in [-0.39, 0.29) is 51.6 Å². The number of hydrogen-bond donors (Lipinski definition) is 3. The molecule has 1 saturated heterocycles. The minimum atomic E-state index is -1.50. The van der Waals surface area contributed by atoms with E-state index in [9.17, 15) is 33.9 Å². The molecule has 65 heavy (non-hydrogen) atoms. The normalized spacial score (nSPS) is 15.9. The lowest BCUT2D eigenvalue weighted by atomic mass is 9.95. The van der Waals surface area contributed by atoms with Gasteiger partial charge in [0.25, 0.3) is 0 Å². The molecule has 1 fully saturated rings. The molecule has 3 aromatic carbocycles. The first-order chi connectivity index (χ1) is 30.9. The molecule has 15 heteroatoms. The van der Waals surface area contributed by atoms with Crippen molar-refractivity contribution in [3.05, 3.63) is 108 Å². The molecule has 0 bridgehead atoms. The fraction of sp³-hybridized carbons (Fsp3) is 0.480. The molecule has 350 valence electrons. The van der Waals surface area contributed by atoms with Gasteiger partial charge in [0.1, 0.15) is 42.5 Å². The average Bonchev–Trinajstić information content (AvgIpc) is 3.87. The van der Waals surface area contributed by atoms with Gasteiger partial charge in [-0.3, -0.25) is 9.69 Å². The number of carbonyl (C=O) groups excluding carboxylic acids is 5. The lowest BCUT2D eigenvalue weighted by Gasteiger charge is -2.36. The zero-order valence-electron chi connectivity index (χ0n) is 38.4. The van der Waals surface area contributed by atoms with Gasteiger partial charge in [0.05, 0.1) is 0 Å². The SMILES string of the molecule is C=C[C@H](CCN(C(=O)OCC1c2ccccc2-c2ccccc21)[C@@H](CCCCNC(=O)OCc1ccccc1)C(=O)N1CCC[C@H]1C(=O)OC(C)(C)C)[C@H](NC(=O)OC(C)(C)C)C(=O)O. The maximum atomic E-state index is 15.0. The highest BCUT2D eigenvalue weighted by atomic mass is 16.6. The Balaban J connectivity index is 1.42. The molecule has 0 unspecified atom stereocenters. The topological polar surface area (TPSA) is 190 Å². The van der Waals surface area contributed by atoms with Gasteiger partial charge in [0, 0.05) is 31.5 Å². The summed E-state index contributed by atoms with van der Waals surface area (Å²) in [4.78, 5) is 84.0. The van der Waals surface area contributed by atoms with Crippen molar-refractivity contribution in [3.63, 3.8) is 0 Å². The largest absolute Gasteiger partial charge is 0.480 e. The van der Waals surface area contributed by atoms with Gasteiger partial charge in [0.15, 0.2) is 0 Å². The van der Waals surface area contributed by atoms with Crippen LogP contribution in [0, 0.1) is 5.92 Å². The monoisotopic (exact) mass is 896 g/mol. The predicted octanol–water partition coefficient (Wildman–Crippen LogP) is 8.21. The van der Waals surface area contributed by atoms with E-state index in [1.165, 1.54) is 15.9 Å². The molecule has 4 atom stereocenters. The standard InChI is InChI=1S/C50H64N4O11/c1-8-34(42(44(56)57)52-47(60)65-50(5,6)7)27-30-54(48(61)63-32-39-37-23-14-12-21-35(37)36-22-13-15-24-38(36)39)40(43(55)53-29-18-26-41(53)45(58)64-49(2,3)4)25-16-17-28-51-46(59)62-31-33-19-10-9-11-20-33/h8-15,19-24,34,39-42H,1,16-18,25-32H2,2-7H3,(H,51,59)(H,52,60)(H,56,57)/t34-,40+,41+,42+/m1/s1. The van der Waals surface area contributed by atoms with Crippen LogP contribution in [0.1, 0.15) is 103 Å². The van der Waals surface area contributed by atoms with E-state index in [0.717, 1.165) is 27.8 Å². The maximum Gasteiger partial charge on any atom is 0.410 e. The third-order valence-electron chi connectivity index (χ3n) is 11.2. The van der Waals surface area contributed by atoms with Crippen molar-refractivity contribution in [2.75, 3.05) is 26.2 Å². The second-order valence-corrected chi connectivity index (χ2v) is 18.4. The van der Waals surface area contributed by atoms with Crippen LogP contribution in [0.15, 0.2) is 91.5 Å². The summed E-state index contributed by atoms with van der Waals surface area (Å²) in [5, 5.41) is 15.5. The number of rotatable bonds is 19. The number of carbonyl (C=O) groups is 6. The van der Waals surface area contributed by atoms with Crippen molar-refractivity contribution in [2.45, 2.75) is 122 Å². The Kier molecular flexibility index (Phi) is 17.2. The Morgan fingerprint density at radius 1 is 0.815 bits per heavy atom. The Morgan fingerprint density at radius 2 is 1.43 bits per heavy atom. The first-order valence-electron chi connectivity index (χ1n) is 22.3. The number of carboxylic acid groups (broad SMARTS) is 1. The van der Waals surface area contributed by atoms with Crippen molar-refractivity contribution in [1.82, 2.24) is 20.4 Å². The second-order valence-electron chi connectivity index (χ2n) is 18.4. The van der Waals surface area contributed by atoms with Gasteiger partial charge in [0.2, 0.25) is 5.91 Å². The van der Waals surface area contributed by atoms with Crippen molar-refractivity contribution >= 4 is 36.1 Å². The molecular formula is C50H64N4O11. The van der Waals surface area contributed by atoms with Crippen LogP contribution < -0.4 is 10.6 Å². The Morgan fingerprint density at radius 3 is 2.03 bits per heavy atom. The van der Waals surface area contributed by atoms with E-state index < -0.39 is 71.4 Å². The molecule has 3 aromatic rings. The lowest BCUT2D eigenvalue weighted by molar-refractivity contribution is -0.164. The molecule has 15 nitrogen and oxygen atoms in total. The summed E-state index contributed by atoms with van der Waals surface area (Å²) in [6.45, 7) is 14.3. The molecule has 0 aromatic heterocycles. The Bertz CT molecular complexity index is 2100. The number of amides is 4. The molecule has 1 aliphatic carbocycles. The van der Waals surface area contributed by atoms with Crippen molar-refractivity contribution in [1.29, 1.82) is 0 Å². The van der Waals surface area contributed by atoms with Crippen molar-refractivity contribution < 1.29 is 52.8 Å². The molecule has 4 amide bonds. The molecule has 3 N–H and O–H groups in total. The fourth-order valence-corrected chi connectivity index (χ4v) is 8.22. The van der Waals surface area contributed by atoms with E-state index >= 15 is 0 Å². The molecule has 2 aliphatic rings. The number of unbranched alkanes of at least 4 members (excludes halogenated alkanes) is 1. The van der Waals surface area contributed by atoms with Crippen LogP contribution in [0.4, 0.5) is 14.4 Å². The van der Waals surface area contributed by atoms with Gasteiger partial charge in [-0.2, -0.15) is 0 Å². The zero-order chi connectivity index (χ0) is 47.3. The van der Waals surface area contributed by atoms with E-state index in [2.05, 4.69) is 17.2 Å². The Hall–Kier alpha value is -6.38. The molecule has 0 saturated carbocycles. The number of nitrogens with one attached hydrogen (secondary N) is 2. The predicted molar refractivity (Wildman–Crippen MR) is 244 cm³/mol. The highest BCUT2D eigenvalue weighted by molar-refractivity contribution is 5.90. The number of esters is 1. The van der Waals surface area contributed by atoms with Gasteiger partial charge in [-0.15, -0.1) is 6.58 Å². The summed E-state index contributed by atoms with van der Waals surface area (Å²) >= 11 is 0. The second kappa shape index (κ2) is 22.5. The number of hydrogen-bond acceptors (Lipinski definition) is 10. The van der Waals surface area contributed by atoms with Crippen molar-refractivity contribution in [2.24, 2.45) is 5.92 Å². The summed E-state index contributed by atoms with van der Waals surface area (Å²) < 4.78 is 22.6. The zero-order valence-corrected chi connectivity index (χ0v) is 38.4. The Labute approximate surface area is 381 Å². The number of ether oxygens (including phenoxy) is 4. The van der Waals surface area contributed by atoms with Gasteiger partial charge in [-0.25, -0.2) is 24.0 Å². The highest BCUT2D eigenvalue weighted by Crippen LogP contribution is 2.44. The highest BCUT2D eigenvalue weighted by Gasteiger charge is 2.43. The summed E-state index contributed by atoms with van der Waals surface area (Å²) in [6, 6.07) is 21.4. The van der Waals surface area contributed by atoms with Gasteiger partial charge < -0.3 is 39.6 Å². The van der Waals surface area contributed by atoms with Crippen LogP contribution >= 0.6 is 0 Å². The number of aliphatic carboxylic acids is 1. The van der Waals surface area contributed by atoms with E-state index in [1.54, 1.807) is 41.5 Å². The van der Waals surface area contributed by atoms with Crippen LogP contribution in [0.5, 0.6) is 0 Å². The van der Waals surface area contributed by atoms with E-state index in [0.29, 0.717) is 25.7 Å². The summed E-state index contributed by atoms with van der Waals surface area (Å²) in [6.07, 6.45) is 0.665. The lowest BCUT2D eigenvalue weighted by Crippen LogP contribution is -2.55. The number of likely N-dealkylation sites (tertiary alicyclic amines) is 1. The maximum absolute atomic E-state index is 15.0. The number of carboxylic acids is 1. The minimum Gasteiger partial charge on any atom is -0.480 e. The van der Waals surface area contributed by atoms with Gasteiger partial charge in [-0.1, -0.05) is 84.9 Å². The van der Waals surface area contributed by atoms with Crippen molar-refractivity contribution in [3.8, 4) is 11.1 Å². The first kappa shape index (κ1) is 49.6. The molecule has 1 heterocycles. The number of alkyl carbamates (subject to hydrolysis) is 2. The van der Waals surface area contributed by atoms with Crippen LogP contribution in [0.25, 0.3) is 11.1 Å². The fourth-order valence-electron chi connectivity index (χ4n) is 8.22.